The van der Waals surface area contributed by atoms with Crippen molar-refractivity contribution < 1.29 is 4.79 Å². The molecule has 1 saturated heterocycles. The second-order valence-corrected chi connectivity index (χ2v) is 7.15. The molecule has 5 heteroatoms. The van der Waals surface area contributed by atoms with Crippen molar-refractivity contribution in [3.63, 3.8) is 0 Å². The van der Waals surface area contributed by atoms with E-state index in [2.05, 4.69) is 44.7 Å². The van der Waals surface area contributed by atoms with E-state index >= 15 is 0 Å². The van der Waals surface area contributed by atoms with Crippen LogP contribution < -0.4 is 5.32 Å². The summed E-state index contributed by atoms with van der Waals surface area (Å²) in [6, 6.07) is 16.7. The van der Waals surface area contributed by atoms with Crippen LogP contribution in [-0.2, 0) is 6.54 Å². The molecule has 26 heavy (non-hydrogen) atoms. The largest absolute Gasteiger partial charge is 0.347 e. The third kappa shape index (κ3) is 3.63. The molecule has 134 valence electrons. The number of likely N-dealkylation sites (tertiary alicyclic amines) is 1. The van der Waals surface area contributed by atoms with E-state index < -0.39 is 0 Å². The summed E-state index contributed by atoms with van der Waals surface area (Å²) < 4.78 is 0. The van der Waals surface area contributed by atoms with Crippen LogP contribution in [0.4, 0.5) is 0 Å². The predicted molar refractivity (Wildman–Crippen MR) is 103 cm³/mol. The first-order chi connectivity index (χ1) is 12.7. The molecular weight excluding hydrogens is 324 g/mol. The number of carbonyl (C=O) groups excluding carboxylic acids is 1. The number of hydrogen-bond acceptors (Lipinski definition) is 3. The third-order valence-corrected chi connectivity index (χ3v) is 5.02. The van der Waals surface area contributed by atoms with E-state index in [9.17, 15) is 4.79 Å². The minimum Gasteiger partial charge on any atom is -0.347 e. The minimum atomic E-state index is -0.0894. The highest BCUT2D eigenvalue weighted by Crippen LogP contribution is 2.19. The molecule has 2 N–H and O–H groups in total. The Hall–Kier alpha value is -2.66. The van der Waals surface area contributed by atoms with Gasteiger partial charge in [-0.05, 0) is 44.0 Å². The summed E-state index contributed by atoms with van der Waals surface area (Å²) in [6.45, 7) is 4.91. The number of benzene rings is 2. The lowest BCUT2D eigenvalue weighted by Crippen LogP contribution is -2.47. The first-order valence-electron chi connectivity index (χ1n) is 9.21. The maximum atomic E-state index is 12.8. The fourth-order valence-corrected chi connectivity index (χ4v) is 3.71. The van der Waals surface area contributed by atoms with Gasteiger partial charge < -0.3 is 5.32 Å². The second kappa shape index (κ2) is 7.30. The Balaban J connectivity index is 1.43. The number of nitrogens with one attached hydrogen (secondary N) is 2. The summed E-state index contributed by atoms with van der Waals surface area (Å²) in [5.41, 5.74) is 3.83. The Labute approximate surface area is 153 Å². The van der Waals surface area contributed by atoms with E-state index in [-0.39, 0.29) is 11.9 Å². The number of H-pyrrole nitrogens is 1. The zero-order chi connectivity index (χ0) is 17.9. The second-order valence-electron chi connectivity index (χ2n) is 7.15. The van der Waals surface area contributed by atoms with Crippen LogP contribution in [0.25, 0.3) is 10.9 Å². The molecular formula is C21H24N4O. The lowest BCUT2D eigenvalue weighted by molar-refractivity contribution is 0.0897. The summed E-state index contributed by atoms with van der Waals surface area (Å²) in [4.78, 5) is 15.2. The number of aryl methyl sites for hydroxylation is 1. The van der Waals surface area contributed by atoms with Crippen molar-refractivity contribution in [2.45, 2.75) is 32.4 Å². The molecule has 3 aromatic rings. The zero-order valence-electron chi connectivity index (χ0n) is 15.0. The van der Waals surface area contributed by atoms with E-state index in [0.29, 0.717) is 5.69 Å². The quantitative estimate of drug-likeness (QED) is 0.761. The number of aromatic amines is 1. The van der Waals surface area contributed by atoms with Crippen LogP contribution in [0, 0.1) is 6.92 Å². The maximum absolute atomic E-state index is 12.8. The third-order valence-electron chi connectivity index (χ3n) is 5.02. The highest BCUT2D eigenvalue weighted by atomic mass is 16.2. The van der Waals surface area contributed by atoms with Gasteiger partial charge in [0.05, 0.1) is 5.52 Å². The summed E-state index contributed by atoms with van der Waals surface area (Å²) in [7, 11) is 0. The molecule has 0 spiro atoms. The van der Waals surface area contributed by atoms with Crippen LogP contribution in [0.15, 0.2) is 48.5 Å². The number of rotatable bonds is 4. The number of fused-ring (bicyclic) bond motifs is 1. The van der Waals surface area contributed by atoms with E-state index in [4.69, 9.17) is 0 Å². The normalized spacial score (nSPS) is 18.1. The van der Waals surface area contributed by atoms with Crippen molar-refractivity contribution in [3.8, 4) is 0 Å². The van der Waals surface area contributed by atoms with Gasteiger partial charge in [-0.15, -0.1) is 0 Å². The smallest absolute Gasteiger partial charge is 0.272 e. The number of hydrogen-bond donors (Lipinski definition) is 2. The molecule has 0 radical (unpaired) electrons. The van der Waals surface area contributed by atoms with Gasteiger partial charge in [0.2, 0.25) is 0 Å². The number of piperidine rings is 1. The fourth-order valence-electron chi connectivity index (χ4n) is 3.71. The van der Waals surface area contributed by atoms with Crippen LogP contribution in [0.2, 0.25) is 0 Å². The van der Waals surface area contributed by atoms with Crippen LogP contribution in [0.5, 0.6) is 0 Å². The van der Waals surface area contributed by atoms with Crippen molar-refractivity contribution in [2.75, 3.05) is 13.1 Å². The van der Waals surface area contributed by atoms with E-state index in [1.807, 2.05) is 31.2 Å². The average Bonchev–Trinajstić information content (AvgIpc) is 3.06. The molecule has 1 aliphatic heterocycles. The summed E-state index contributed by atoms with van der Waals surface area (Å²) >= 11 is 0. The molecule has 2 heterocycles. The standard InChI is InChI=1S/C21H24N4O/c1-15-9-10-19-18(12-15)20(24-23-19)21(26)22-17-8-5-11-25(14-17)13-16-6-3-2-4-7-16/h2-4,6-7,9-10,12,17H,5,8,11,13-14H2,1H3,(H,22,26)(H,23,24). The first-order valence-corrected chi connectivity index (χ1v) is 9.21. The van der Waals surface area contributed by atoms with Crippen LogP contribution >= 0.6 is 0 Å². The molecule has 0 bridgehead atoms. The van der Waals surface area contributed by atoms with Crippen molar-refractivity contribution in [2.24, 2.45) is 0 Å². The molecule has 1 atom stereocenters. The Bertz CT molecular complexity index is 903. The van der Waals surface area contributed by atoms with E-state index in [1.54, 1.807) is 0 Å². The van der Waals surface area contributed by atoms with Gasteiger partial charge in [-0.25, -0.2) is 0 Å². The SMILES string of the molecule is Cc1ccc2[nH]nc(C(=O)NC3CCCN(Cc4ccccc4)C3)c2c1. The van der Waals surface area contributed by atoms with Crippen molar-refractivity contribution in [3.05, 3.63) is 65.4 Å². The molecule has 1 aromatic heterocycles. The van der Waals surface area contributed by atoms with E-state index in [1.165, 1.54) is 5.56 Å². The highest BCUT2D eigenvalue weighted by molar-refractivity contribution is 6.04. The van der Waals surface area contributed by atoms with E-state index in [0.717, 1.165) is 48.9 Å². The number of carbonyl (C=O) groups is 1. The molecule has 5 nitrogen and oxygen atoms in total. The molecule has 2 aromatic carbocycles. The molecule has 0 saturated carbocycles. The van der Waals surface area contributed by atoms with Gasteiger partial charge in [-0.2, -0.15) is 5.10 Å². The van der Waals surface area contributed by atoms with Crippen LogP contribution in [0.3, 0.4) is 0 Å². The highest BCUT2D eigenvalue weighted by Gasteiger charge is 2.23. The van der Waals surface area contributed by atoms with Gasteiger partial charge in [0.1, 0.15) is 0 Å². The summed E-state index contributed by atoms with van der Waals surface area (Å²) in [6.07, 6.45) is 2.11. The molecule has 1 aliphatic rings. The zero-order valence-corrected chi connectivity index (χ0v) is 15.0. The number of aromatic nitrogens is 2. The predicted octanol–water partition coefficient (Wildman–Crippen LogP) is 3.27. The summed E-state index contributed by atoms with van der Waals surface area (Å²) in [5, 5.41) is 11.3. The van der Waals surface area contributed by atoms with Gasteiger partial charge in [-0.1, -0.05) is 42.0 Å². The Morgan fingerprint density at radius 3 is 2.96 bits per heavy atom. The molecule has 1 fully saturated rings. The number of amides is 1. The summed E-state index contributed by atoms with van der Waals surface area (Å²) in [5.74, 6) is -0.0894. The van der Waals surface area contributed by atoms with Crippen molar-refractivity contribution >= 4 is 16.8 Å². The van der Waals surface area contributed by atoms with Crippen LogP contribution in [-0.4, -0.2) is 40.1 Å². The van der Waals surface area contributed by atoms with Crippen molar-refractivity contribution in [1.82, 2.24) is 20.4 Å². The maximum Gasteiger partial charge on any atom is 0.272 e. The van der Waals surface area contributed by atoms with Gasteiger partial charge in [0.25, 0.3) is 5.91 Å². The topological polar surface area (TPSA) is 61.0 Å². The fraction of sp³-hybridized carbons (Fsp3) is 0.333. The monoisotopic (exact) mass is 348 g/mol. The average molecular weight is 348 g/mol. The molecule has 4 rings (SSSR count). The van der Waals surface area contributed by atoms with Gasteiger partial charge in [0.15, 0.2) is 5.69 Å². The van der Waals surface area contributed by atoms with Crippen LogP contribution in [0.1, 0.15) is 34.5 Å². The first kappa shape index (κ1) is 16.8. The van der Waals surface area contributed by atoms with Gasteiger partial charge >= 0.3 is 0 Å². The molecule has 0 aliphatic carbocycles. The number of nitrogens with zero attached hydrogens (tertiary/aromatic N) is 2. The lowest BCUT2D eigenvalue weighted by atomic mass is 10.0. The minimum absolute atomic E-state index is 0.0894. The molecule has 1 amide bonds. The Morgan fingerprint density at radius 1 is 1.27 bits per heavy atom. The van der Waals surface area contributed by atoms with Gasteiger partial charge in [0, 0.05) is 24.5 Å². The van der Waals surface area contributed by atoms with Gasteiger partial charge in [-0.3, -0.25) is 14.8 Å². The molecule has 1 unspecified atom stereocenters. The lowest BCUT2D eigenvalue weighted by Gasteiger charge is -2.33. The Morgan fingerprint density at radius 2 is 2.12 bits per heavy atom. The van der Waals surface area contributed by atoms with Crippen molar-refractivity contribution in [1.29, 1.82) is 0 Å². The Kier molecular flexibility index (Phi) is 4.71.